The van der Waals surface area contributed by atoms with Crippen LogP contribution in [0.1, 0.15) is 50.7 Å². The van der Waals surface area contributed by atoms with Gasteiger partial charge >= 0.3 is 0 Å². The van der Waals surface area contributed by atoms with Gasteiger partial charge in [-0.1, -0.05) is 26.7 Å². The quantitative estimate of drug-likeness (QED) is 0.569. The summed E-state index contributed by atoms with van der Waals surface area (Å²) in [6, 6.07) is 4.71. The number of hydrogen-bond acceptors (Lipinski definition) is 2. The predicted molar refractivity (Wildman–Crippen MR) is 84.9 cm³/mol. The largest absolute Gasteiger partial charge is 0.143 e. The van der Waals surface area contributed by atoms with Crippen LogP contribution >= 0.6 is 22.7 Å². The second-order valence-electron chi connectivity index (χ2n) is 4.80. The molecule has 0 radical (unpaired) electrons. The highest BCUT2D eigenvalue weighted by atomic mass is 32.1. The Kier molecular flexibility index (Phi) is 5.45. The molecular formula is C16H22S2. The van der Waals surface area contributed by atoms with E-state index >= 15 is 0 Å². The fourth-order valence-electron chi connectivity index (χ4n) is 2.12. The van der Waals surface area contributed by atoms with Gasteiger partial charge in [0.2, 0.25) is 0 Å². The number of thiophene rings is 2. The highest BCUT2D eigenvalue weighted by Gasteiger charge is 2.09. The summed E-state index contributed by atoms with van der Waals surface area (Å²) in [7, 11) is 0. The lowest BCUT2D eigenvalue weighted by atomic mass is 10.1. The summed E-state index contributed by atoms with van der Waals surface area (Å²) >= 11 is 3.82. The van der Waals surface area contributed by atoms with Gasteiger partial charge in [-0.25, -0.2) is 0 Å². The second-order valence-corrected chi connectivity index (χ2v) is 6.63. The minimum absolute atomic E-state index is 1.23. The SMILES string of the molecule is CCCCc1csc(-c2sccc2CCCC)c1. The van der Waals surface area contributed by atoms with Crippen LogP contribution in [0, 0.1) is 0 Å². The molecule has 0 unspecified atom stereocenters. The van der Waals surface area contributed by atoms with E-state index < -0.39 is 0 Å². The Balaban J connectivity index is 2.10. The fourth-order valence-corrected chi connectivity index (χ4v) is 4.20. The van der Waals surface area contributed by atoms with E-state index in [2.05, 4.69) is 36.7 Å². The Bertz CT molecular complexity index is 465. The van der Waals surface area contributed by atoms with Gasteiger partial charge in [-0.3, -0.25) is 0 Å². The number of rotatable bonds is 7. The van der Waals surface area contributed by atoms with Gasteiger partial charge in [0.05, 0.1) is 0 Å². The zero-order valence-electron chi connectivity index (χ0n) is 11.4. The molecule has 0 fully saturated rings. The topological polar surface area (TPSA) is 0 Å². The van der Waals surface area contributed by atoms with Gasteiger partial charge in [-0.05, 0) is 59.7 Å². The van der Waals surface area contributed by atoms with Crippen LogP contribution < -0.4 is 0 Å². The van der Waals surface area contributed by atoms with E-state index in [1.165, 1.54) is 53.8 Å². The molecule has 0 N–H and O–H groups in total. The van der Waals surface area contributed by atoms with Crippen molar-refractivity contribution in [1.29, 1.82) is 0 Å². The van der Waals surface area contributed by atoms with Crippen molar-refractivity contribution in [2.45, 2.75) is 52.4 Å². The maximum absolute atomic E-state index is 2.40. The van der Waals surface area contributed by atoms with E-state index in [1.807, 2.05) is 22.7 Å². The first-order valence-corrected chi connectivity index (χ1v) is 8.75. The molecule has 0 atom stereocenters. The van der Waals surface area contributed by atoms with Crippen LogP contribution in [0.15, 0.2) is 22.9 Å². The molecule has 18 heavy (non-hydrogen) atoms. The first kappa shape index (κ1) is 13.8. The van der Waals surface area contributed by atoms with Crippen molar-refractivity contribution in [1.82, 2.24) is 0 Å². The van der Waals surface area contributed by atoms with Crippen molar-refractivity contribution in [2.75, 3.05) is 0 Å². The molecule has 0 saturated carbocycles. The monoisotopic (exact) mass is 278 g/mol. The molecule has 0 aromatic carbocycles. The van der Waals surface area contributed by atoms with Crippen molar-refractivity contribution < 1.29 is 0 Å². The molecule has 2 aromatic rings. The van der Waals surface area contributed by atoms with Crippen molar-refractivity contribution in [3.8, 4) is 9.75 Å². The van der Waals surface area contributed by atoms with Crippen molar-refractivity contribution >= 4 is 22.7 Å². The lowest BCUT2D eigenvalue weighted by molar-refractivity contribution is 0.796. The lowest BCUT2D eigenvalue weighted by Gasteiger charge is -2.00. The Morgan fingerprint density at radius 1 is 1.00 bits per heavy atom. The molecule has 0 bridgehead atoms. The highest BCUT2D eigenvalue weighted by Crippen LogP contribution is 2.35. The first-order valence-electron chi connectivity index (χ1n) is 6.99. The van der Waals surface area contributed by atoms with Crippen LogP contribution in [0.25, 0.3) is 9.75 Å². The molecular weight excluding hydrogens is 256 g/mol. The minimum atomic E-state index is 1.23. The van der Waals surface area contributed by atoms with E-state index in [-0.39, 0.29) is 0 Å². The fraction of sp³-hybridized carbons (Fsp3) is 0.500. The molecule has 0 spiro atoms. The maximum atomic E-state index is 2.40. The minimum Gasteiger partial charge on any atom is -0.143 e. The molecule has 0 aliphatic carbocycles. The Morgan fingerprint density at radius 3 is 2.56 bits per heavy atom. The number of hydrogen-bond donors (Lipinski definition) is 0. The number of aryl methyl sites for hydroxylation is 2. The van der Waals surface area contributed by atoms with Gasteiger partial charge < -0.3 is 0 Å². The average molecular weight is 278 g/mol. The smallest absolute Gasteiger partial charge is 0.0474 e. The zero-order valence-corrected chi connectivity index (χ0v) is 13.0. The Labute approximate surface area is 119 Å². The van der Waals surface area contributed by atoms with E-state index in [0.717, 1.165) is 0 Å². The van der Waals surface area contributed by atoms with Crippen LogP contribution in [0.4, 0.5) is 0 Å². The normalized spacial score (nSPS) is 11.0. The molecule has 2 heteroatoms. The lowest BCUT2D eigenvalue weighted by Crippen LogP contribution is -1.83. The van der Waals surface area contributed by atoms with E-state index in [1.54, 1.807) is 5.56 Å². The van der Waals surface area contributed by atoms with Crippen LogP contribution in [-0.2, 0) is 12.8 Å². The summed E-state index contributed by atoms with van der Waals surface area (Å²) in [5.74, 6) is 0. The summed E-state index contributed by atoms with van der Waals surface area (Å²) in [6.07, 6.45) is 7.65. The van der Waals surface area contributed by atoms with Crippen molar-refractivity contribution in [2.24, 2.45) is 0 Å². The molecule has 98 valence electrons. The van der Waals surface area contributed by atoms with Crippen molar-refractivity contribution in [3.05, 3.63) is 34.0 Å². The van der Waals surface area contributed by atoms with Crippen LogP contribution in [-0.4, -0.2) is 0 Å². The average Bonchev–Trinajstić information content (AvgIpc) is 3.02. The summed E-state index contributed by atoms with van der Waals surface area (Å²) in [5, 5.41) is 4.58. The standard InChI is InChI=1S/C16H22S2/c1-3-5-7-13-11-15(18-12-13)16-14(8-6-4-2)9-10-17-16/h9-12H,3-8H2,1-2H3. The zero-order chi connectivity index (χ0) is 12.8. The van der Waals surface area contributed by atoms with Crippen LogP contribution in [0.3, 0.4) is 0 Å². The van der Waals surface area contributed by atoms with Crippen LogP contribution in [0.2, 0.25) is 0 Å². The van der Waals surface area contributed by atoms with Crippen LogP contribution in [0.5, 0.6) is 0 Å². The molecule has 0 nitrogen and oxygen atoms in total. The van der Waals surface area contributed by atoms with E-state index in [4.69, 9.17) is 0 Å². The Hall–Kier alpha value is -0.600. The van der Waals surface area contributed by atoms with Gasteiger partial charge in [0.15, 0.2) is 0 Å². The molecule has 2 rings (SSSR count). The Morgan fingerprint density at radius 2 is 1.78 bits per heavy atom. The molecule has 0 aliphatic rings. The number of unbranched alkanes of at least 4 members (excludes halogenated alkanes) is 2. The summed E-state index contributed by atoms with van der Waals surface area (Å²) in [5.41, 5.74) is 3.07. The van der Waals surface area contributed by atoms with E-state index in [9.17, 15) is 0 Å². The summed E-state index contributed by atoms with van der Waals surface area (Å²) in [4.78, 5) is 2.98. The summed E-state index contributed by atoms with van der Waals surface area (Å²) < 4.78 is 0. The third-order valence-corrected chi connectivity index (χ3v) is 5.36. The summed E-state index contributed by atoms with van der Waals surface area (Å²) in [6.45, 7) is 4.52. The molecule has 2 heterocycles. The van der Waals surface area contributed by atoms with Gasteiger partial charge in [0, 0.05) is 9.75 Å². The van der Waals surface area contributed by atoms with Gasteiger partial charge in [-0.15, -0.1) is 22.7 Å². The maximum Gasteiger partial charge on any atom is 0.0474 e. The highest BCUT2D eigenvalue weighted by molar-refractivity contribution is 7.20. The molecule has 0 aliphatic heterocycles. The van der Waals surface area contributed by atoms with Gasteiger partial charge in [-0.2, -0.15) is 0 Å². The molecule has 0 amide bonds. The molecule has 0 saturated heterocycles. The first-order chi connectivity index (χ1) is 8.85. The second kappa shape index (κ2) is 7.10. The van der Waals surface area contributed by atoms with Gasteiger partial charge in [0.25, 0.3) is 0 Å². The third kappa shape index (κ3) is 3.46. The van der Waals surface area contributed by atoms with E-state index in [0.29, 0.717) is 0 Å². The third-order valence-electron chi connectivity index (χ3n) is 3.24. The molecule has 2 aromatic heterocycles. The van der Waals surface area contributed by atoms with Crippen molar-refractivity contribution in [3.63, 3.8) is 0 Å². The predicted octanol–water partition coefficient (Wildman–Crippen LogP) is 6.16. The van der Waals surface area contributed by atoms with Gasteiger partial charge in [0.1, 0.15) is 0 Å².